The zero-order valence-corrected chi connectivity index (χ0v) is 13.1. The van der Waals surface area contributed by atoms with Crippen LogP contribution in [0.2, 0.25) is 5.02 Å². The number of hydrogen-bond acceptors (Lipinski definition) is 3. The SMILES string of the molecule is Cc1ccc(C(C)Nc2ccc(C(N)=S)c(Cl)c2)s1. The fourth-order valence-electron chi connectivity index (χ4n) is 1.81. The second-order valence-electron chi connectivity index (χ2n) is 4.37. The standard InChI is InChI=1S/C14H15ClN2S2/c1-8-3-6-13(19-8)9(2)17-10-4-5-11(14(16)18)12(15)7-10/h3-7,9,17H,1-2H3,(H2,16,18). The lowest BCUT2D eigenvalue weighted by molar-refractivity contribution is 0.908. The first-order valence-corrected chi connectivity index (χ1v) is 7.50. The fraction of sp³-hybridized carbons (Fsp3) is 0.214. The van der Waals surface area contributed by atoms with E-state index in [9.17, 15) is 0 Å². The predicted molar refractivity (Wildman–Crippen MR) is 88.4 cm³/mol. The number of aryl methyl sites for hydroxylation is 1. The molecule has 0 aliphatic carbocycles. The van der Waals surface area contributed by atoms with E-state index in [1.807, 2.05) is 18.2 Å². The Balaban J connectivity index is 2.15. The summed E-state index contributed by atoms with van der Waals surface area (Å²) in [7, 11) is 0. The van der Waals surface area contributed by atoms with Gasteiger partial charge in [-0.2, -0.15) is 0 Å². The quantitative estimate of drug-likeness (QED) is 0.816. The van der Waals surface area contributed by atoms with Crippen LogP contribution < -0.4 is 11.1 Å². The molecule has 0 fully saturated rings. The molecule has 1 aromatic heterocycles. The average Bonchev–Trinajstić information content (AvgIpc) is 2.75. The maximum Gasteiger partial charge on any atom is 0.105 e. The van der Waals surface area contributed by atoms with E-state index in [0.717, 1.165) is 5.69 Å². The van der Waals surface area contributed by atoms with Crippen LogP contribution in [0.3, 0.4) is 0 Å². The fourth-order valence-corrected chi connectivity index (χ4v) is 3.21. The molecule has 0 bridgehead atoms. The number of nitrogens with one attached hydrogen (secondary N) is 1. The molecule has 1 atom stereocenters. The van der Waals surface area contributed by atoms with E-state index in [2.05, 4.69) is 31.3 Å². The molecule has 100 valence electrons. The third kappa shape index (κ3) is 3.47. The molecular formula is C14H15ClN2S2. The lowest BCUT2D eigenvalue weighted by atomic mass is 10.2. The van der Waals surface area contributed by atoms with Crippen molar-refractivity contribution in [2.45, 2.75) is 19.9 Å². The summed E-state index contributed by atoms with van der Waals surface area (Å²) < 4.78 is 0. The lowest BCUT2D eigenvalue weighted by Gasteiger charge is -2.14. The second kappa shape index (κ2) is 5.90. The topological polar surface area (TPSA) is 38.0 Å². The molecule has 0 saturated carbocycles. The van der Waals surface area contributed by atoms with Crippen LogP contribution in [0.4, 0.5) is 5.69 Å². The Labute approximate surface area is 127 Å². The van der Waals surface area contributed by atoms with Crippen molar-refractivity contribution in [3.63, 3.8) is 0 Å². The number of nitrogens with two attached hydrogens (primary N) is 1. The number of benzene rings is 1. The van der Waals surface area contributed by atoms with Gasteiger partial charge in [-0.1, -0.05) is 23.8 Å². The van der Waals surface area contributed by atoms with Gasteiger partial charge in [-0.15, -0.1) is 11.3 Å². The smallest absolute Gasteiger partial charge is 0.105 e. The minimum atomic E-state index is 0.241. The van der Waals surface area contributed by atoms with E-state index in [4.69, 9.17) is 29.6 Å². The van der Waals surface area contributed by atoms with Crippen molar-refractivity contribution in [1.29, 1.82) is 0 Å². The second-order valence-corrected chi connectivity index (χ2v) is 6.54. The Morgan fingerprint density at radius 3 is 2.63 bits per heavy atom. The Bertz CT molecular complexity index is 607. The van der Waals surface area contributed by atoms with Gasteiger partial charge in [0.05, 0.1) is 11.1 Å². The van der Waals surface area contributed by atoms with Crippen LogP contribution in [-0.2, 0) is 0 Å². The van der Waals surface area contributed by atoms with Crippen molar-refractivity contribution in [3.05, 3.63) is 50.7 Å². The highest BCUT2D eigenvalue weighted by molar-refractivity contribution is 7.80. The number of anilines is 1. The van der Waals surface area contributed by atoms with Crippen LogP contribution in [0.25, 0.3) is 0 Å². The Morgan fingerprint density at radius 1 is 1.37 bits per heavy atom. The molecular weight excluding hydrogens is 296 g/mol. The summed E-state index contributed by atoms with van der Waals surface area (Å²) in [6.07, 6.45) is 0. The highest BCUT2D eigenvalue weighted by Crippen LogP contribution is 2.27. The normalized spacial score (nSPS) is 12.2. The van der Waals surface area contributed by atoms with Crippen LogP contribution in [0.5, 0.6) is 0 Å². The van der Waals surface area contributed by atoms with E-state index < -0.39 is 0 Å². The van der Waals surface area contributed by atoms with Crippen LogP contribution in [0.15, 0.2) is 30.3 Å². The lowest BCUT2D eigenvalue weighted by Crippen LogP contribution is -2.10. The van der Waals surface area contributed by atoms with Gasteiger partial charge in [-0.05, 0) is 44.2 Å². The van der Waals surface area contributed by atoms with Gasteiger partial charge in [0.2, 0.25) is 0 Å². The highest BCUT2D eigenvalue weighted by atomic mass is 35.5. The molecule has 0 saturated heterocycles. The first-order chi connectivity index (χ1) is 8.97. The third-order valence-corrected chi connectivity index (χ3v) is 4.52. The largest absolute Gasteiger partial charge is 0.389 e. The van der Waals surface area contributed by atoms with Crippen LogP contribution in [0.1, 0.15) is 28.3 Å². The van der Waals surface area contributed by atoms with Crippen LogP contribution >= 0.6 is 35.2 Å². The molecule has 5 heteroatoms. The minimum Gasteiger partial charge on any atom is -0.389 e. The first kappa shape index (κ1) is 14.3. The van der Waals surface area contributed by atoms with Gasteiger partial charge in [-0.3, -0.25) is 0 Å². The van der Waals surface area contributed by atoms with Gasteiger partial charge >= 0.3 is 0 Å². The van der Waals surface area contributed by atoms with Gasteiger partial charge in [0, 0.05) is 21.0 Å². The number of halogens is 1. The maximum atomic E-state index is 6.15. The molecule has 2 nitrogen and oxygen atoms in total. The third-order valence-electron chi connectivity index (χ3n) is 2.81. The van der Waals surface area contributed by atoms with Crippen molar-refractivity contribution >= 4 is 45.8 Å². The summed E-state index contributed by atoms with van der Waals surface area (Å²) >= 11 is 12.9. The zero-order valence-electron chi connectivity index (χ0n) is 10.7. The van der Waals surface area contributed by atoms with E-state index >= 15 is 0 Å². The molecule has 0 amide bonds. The van der Waals surface area contributed by atoms with Crippen molar-refractivity contribution in [2.24, 2.45) is 5.73 Å². The number of rotatable bonds is 4. The van der Waals surface area contributed by atoms with Crippen molar-refractivity contribution in [3.8, 4) is 0 Å². The summed E-state index contributed by atoms with van der Waals surface area (Å²) in [6.45, 7) is 4.23. The zero-order chi connectivity index (χ0) is 14.0. The summed E-state index contributed by atoms with van der Waals surface area (Å²) in [6, 6.07) is 10.2. The minimum absolute atomic E-state index is 0.241. The van der Waals surface area contributed by atoms with Gasteiger partial charge < -0.3 is 11.1 Å². The molecule has 1 unspecified atom stereocenters. The first-order valence-electron chi connectivity index (χ1n) is 5.89. The Kier molecular flexibility index (Phi) is 4.45. The predicted octanol–water partition coefficient (Wildman–Crippen LogP) is 4.52. The van der Waals surface area contributed by atoms with Crippen LogP contribution in [-0.4, -0.2) is 4.99 Å². The van der Waals surface area contributed by atoms with E-state index in [-0.39, 0.29) is 6.04 Å². The Morgan fingerprint density at radius 2 is 2.11 bits per heavy atom. The average molecular weight is 311 g/mol. The van der Waals surface area contributed by atoms with E-state index in [1.54, 1.807) is 11.3 Å². The number of thiophene rings is 1. The summed E-state index contributed by atoms with van der Waals surface area (Å²) in [5, 5.41) is 4.00. The molecule has 3 N–H and O–H groups in total. The summed E-state index contributed by atoms with van der Waals surface area (Å²) in [5.74, 6) is 0. The molecule has 0 aliphatic rings. The molecule has 2 rings (SSSR count). The van der Waals surface area contributed by atoms with Gasteiger partial charge in [0.25, 0.3) is 0 Å². The Hall–Kier alpha value is -1.10. The van der Waals surface area contributed by atoms with E-state index in [1.165, 1.54) is 9.75 Å². The van der Waals surface area contributed by atoms with Gasteiger partial charge in [0.15, 0.2) is 0 Å². The highest BCUT2D eigenvalue weighted by Gasteiger charge is 2.09. The summed E-state index contributed by atoms with van der Waals surface area (Å²) in [5.41, 5.74) is 7.26. The molecule has 1 heterocycles. The number of hydrogen-bond donors (Lipinski definition) is 2. The maximum absolute atomic E-state index is 6.15. The molecule has 19 heavy (non-hydrogen) atoms. The van der Waals surface area contributed by atoms with E-state index in [0.29, 0.717) is 15.6 Å². The van der Waals surface area contributed by atoms with Crippen molar-refractivity contribution in [2.75, 3.05) is 5.32 Å². The molecule has 1 aromatic carbocycles. The summed E-state index contributed by atoms with van der Waals surface area (Å²) in [4.78, 5) is 2.93. The molecule has 0 aliphatic heterocycles. The molecule has 0 radical (unpaired) electrons. The monoisotopic (exact) mass is 310 g/mol. The molecule has 2 aromatic rings. The van der Waals surface area contributed by atoms with Crippen molar-refractivity contribution in [1.82, 2.24) is 0 Å². The van der Waals surface area contributed by atoms with Crippen LogP contribution in [0, 0.1) is 6.92 Å². The van der Waals surface area contributed by atoms with Crippen molar-refractivity contribution < 1.29 is 0 Å². The molecule has 0 spiro atoms. The number of thiocarbonyl (C=S) groups is 1. The van der Waals surface area contributed by atoms with Gasteiger partial charge in [0.1, 0.15) is 4.99 Å². The van der Waals surface area contributed by atoms with Gasteiger partial charge in [-0.25, -0.2) is 0 Å².